The van der Waals surface area contributed by atoms with E-state index >= 15 is 0 Å². The monoisotopic (exact) mass is 269 g/mol. The largest absolute Gasteiger partial charge is 0.435 e. The first-order valence-corrected chi connectivity index (χ1v) is 6.92. The van der Waals surface area contributed by atoms with E-state index in [4.69, 9.17) is 0 Å². The number of hydrogen-bond donors (Lipinski definition) is 1. The SMILES string of the molecule is C[C@H](NCc1ccc(OC(F)F)cc1)C1CCCC1. The first-order valence-electron chi connectivity index (χ1n) is 6.92. The van der Waals surface area contributed by atoms with E-state index in [1.807, 2.05) is 12.1 Å². The number of alkyl halides is 2. The van der Waals surface area contributed by atoms with Crippen LogP contribution in [-0.4, -0.2) is 12.7 Å². The van der Waals surface area contributed by atoms with Gasteiger partial charge in [-0.1, -0.05) is 25.0 Å². The topological polar surface area (TPSA) is 21.3 Å². The Bertz CT molecular complexity index is 374. The standard InChI is InChI=1S/C15H21F2NO/c1-11(13-4-2-3-5-13)18-10-12-6-8-14(9-7-12)19-15(16)17/h6-9,11,13,15,18H,2-5,10H2,1H3/t11-/m0/s1. The molecular weight excluding hydrogens is 248 g/mol. The van der Waals surface area contributed by atoms with Gasteiger partial charge in [0.05, 0.1) is 0 Å². The number of nitrogens with one attached hydrogen (secondary N) is 1. The van der Waals surface area contributed by atoms with Crippen LogP contribution in [0.1, 0.15) is 38.2 Å². The second kappa shape index (κ2) is 6.85. The molecule has 2 rings (SSSR count). The molecule has 0 heterocycles. The normalized spacial score (nSPS) is 17.9. The van der Waals surface area contributed by atoms with Crippen LogP contribution in [-0.2, 0) is 6.54 Å². The Morgan fingerprint density at radius 2 is 1.84 bits per heavy atom. The van der Waals surface area contributed by atoms with Crippen LogP contribution in [0.2, 0.25) is 0 Å². The lowest BCUT2D eigenvalue weighted by Crippen LogP contribution is -2.31. The average Bonchev–Trinajstić information content (AvgIpc) is 2.91. The van der Waals surface area contributed by atoms with Crippen LogP contribution in [0.4, 0.5) is 8.78 Å². The van der Waals surface area contributed by atoms with Crippen molar-refractivity contribution in [2.75, 3.05) is 0 Å². The Morgan fingerprint density at radius 3 is 2.42 bits per heavy atom. The van der Waals surface area contributed by atoms with Crippen LogP contribution in [0.5, 0.6) is 5.75 Å². The molecule has 0 bridgehead atoms. The molecule has 106 valence electrons. The summed E-state index contributed by atoms with van der Waals surface area (Å²) in [6.07, 6.45) is 5.32. The van der Waals surface area contributed by atoms with Gasteiger partial charge >= 0.3 is 6.61 Å². The van der Waals surface area contributed by atoms with Gasteiger partial charge in [0.1, 0.15) is 5.75 Å². The third-order valence-electron chi connectivity index (χ3n) is 3.88. The molecule has 1 aromatic carbocycles. The van der Waals surface area contributed by atoms with E-state index in [0.29, 0.717) is 6.04 Å². The molecule has 1 fully saturated rings. The molecule has 1 saturated carbocycles. The molecule has 4 heteroatoms. The molecule has 19 heavy (non-hydrogen) atoms. The Hall–Kier alpha value is -1.16. The zero-order valence-corrected chi connectivity index (χ0v) is 11.2. The van der Waals surface area contributed by atoms with Crippen molar-refractivity contribution in [2.45, 2.75) is 51.8 Å². The Kier molecular flexibility index (Phi) is 5.14. The van der Waals surface area contributed by atoms with E-state index in [0.717, 1.165) is 18.0 Å². The summed E-state index contributed by atoms with van der Waals surface area (Å²) in [5, 5.41) is 3.51. The predicted molar refractivity (Wildman–Crippen MR) is 71.3 cm³/mol. The van der Waals surface area contributed by atoms with Crippen LogP contribution in [0.25, 0.3) is 0 Å². The fraction of sp³-hybridized carbons (Fsp3) is 0.600. The van der Waals surface area contributed by atoms with Gasteiger partial charge in [-0.15, -0.1) is 0 Å². The lowest BCUT2D eigenvalue weighted by molar-refractivity contribution is -0.0498. The van der Waals surface area contributed by atoms with Crippen LogP contribution in [0.15, 0.2) is 24.3 Å². The lowest BCUT2D eigenvalue weighted by atomic mass is 9.99. The van der Waals surface area contributed by atoms with Gasteiger partial charge in [0.2, 0.25) is 0 Å². The first kappa shape index (κ1) is 14.3. The van der Waals surface area contributed by atoms with Crippen molar-refractivity contribution in [3.63, 3.8) is 0 Å². The highest BCUT2D eigenvalue weighted by molar-refractivity contribution is 5.27. The van der Waals surface area contributed by atoms with E-state index in [2.05, 4.69) is 17.0 Å². The third-order valence-corrected chi connectivity index (χ3v) is 3.88. The molecule has 0 radical (unpaired) electrons. The van der Waals surface area contributed by atoms with Crippen molar-refractivity contribution in [2.24, 2.45) is 5.92 Å². The highest BCUT2D eigenvalue weighted by Gasteiger charge is 2.20. The summed E-state index contributed by atoms with van der Waals surface area (Å²) in [4.78, 5) is 0. The first-order chi connectivity index (χ1) is 9.15. The van der Waals surface area contributed by atoms with Crippen molar-refractivity contribution in [1.29, 1.82) is 0 Å². The molecule has 0 aromatic heterocycles. The molecule has 1 aliphatic rings. The minimum Gasteiger partial charge on any atom is -0.435 e. The molecule has 1 atom stereocenters. The van der Waals surface area contributed by atoms with E-state index < -0.39 is 6.61 Å². The molecule has 0 unspecified atom stereocenters. The zero-order chi connectivity index (χ0) is 13.7. The average molecular weight is 269 g/mol. The summed E-state index contributed by atoms with van der Waals surface area (Å²) in [7, 11) is 0. The van der Waals surface area contributed by atoms with Crippen molar-refractivity contribution in [3.8, 4) is 5.75 Å². The van der Waals surface area contributed by atoms with E-state index in [1.54, 1.807) is 12.1 Å². The van der Waals surface area contributed by atoms with Crippen LogP contribution in [0.3, 0.4) is 0 Å². The van der Waals surface area contributed by atoms with E-state index in [9.17, 15) is 8.78 Å². The second-order valence-electron chi connectivity index (χ2n) is 5.24. The Labute approximate surface area is 113 Å². The Balaban J connectivity index is 1.79. The predicted octanol–water partition coefficient (Wildman–Crippen LogP) is 3.96. The van der Waals surface area contributed by atoms with Crippen molar-refractivity contribution < 1.29 is 13.5 Å². The summed E-state index contributed by atoms with van der Waals surface area (Å²) in [5.41, 5.74) is 1.09. The molecule has 0 amide bonds. The number of rotatable bonds is 6. The number of hydrogen-bond acceptors (Lipinski definition) is 2. The van der Waals surface area contributed by atoms with E-state index in [1.165, 1.54) is 25.7 Å². The maximum Gasteiger partial charge on any atom is 0.387 e. The summed E-state index contributed by atoms with van der Waals surface area (Å²) < 4.78 is 28.3. The van der Waals surface area contributed by atoms with Crippen molar-refractivity contribution in [3.05, 3.63) is 29.8 Å². The maximum absolute atomic E-state index is 12.0. The molecule has 0 spiro atoms. The summed E-state index contributed by atoms with van der Waals surface area (Å²) in [6, 6.07) is 7.34. The molecule has 0 aliphatic heterocycles. The highest BCUT2D eigenvalue weighted by Crippen LogP contribution is 2.27. The molecule has 1 N–H and O–H groups in total. The quantitative estimate of drug-likeness (QED) is 0.844. The van der Waals surface area contributed by atoms with E-state index in [-0.39, 0.29) is 5.75 Å². The lowest BCUT2D eigenvalue weighted by Gasteiger charge is -2.20. The highest BCUT2D eigenvalue weighted by atomic mass is 19.3. The summed E-state index contributed by atoms with van der Waals surface area (Å²) in [5.74, 6) is 0.990. The number of benzene rings is 1. The van der Waals surface area contributed by atoms with Crippen LogP contribution < -0.4 is 10.1 Å². The maximum atomic E-state index is 12.0. The van der Waals surface area contributed by atoms with Gasteiger partial charge in [0.25, 0.3) is 0 Å². The smallest absolute Gasteiger partial charge is 0.387 e. The molecule has 1 aliphatic carbocycles. The fourth-order valence-corrected chi connectivity index (χ4v) is 2.69. The summed E-state index contributed by atoms with van der Waals surface area (Å²) >= 11 is 0. The third kappa shape index (κ3) is 4.46. The van der Waals surface area contributed by atoms with Gasteiger partial charge in [-0.05, 0) is 43.4 Å². The molecular formula is C15H21F2NO. The molecule has 1 aromatic rings. The van der Waals surface area contributed by atoms with Crippen LogP contribution in [0, 0.1) is 5.92 Å². The van der Waals surface area contributed by atoms with Crippen LogP contribution >= 0.6 is 0 Å². The minimum atomic E-state index is -2.76. The number of ether oxygens (including phenoxy) is 1. The number of halogens is 2. The molecule has 0 saturated heterocycles. The summed E-state index contributed by atoms with van der Waals surface area (Å²) in [6.45, 7) is 0.239. The molecule has 2 nitrogen and oxygen atoms in total. The van der Waals surface area contributed by atoms with Gasteiger partial charge in [0, 0.05) is 12.6 Å². The van der Waals surface area contributed by atoms with Gasteiger partial charge in [-0.2, -0.15) is 8.78 Å². The zero-order valence-electron chi connectivity index (χ0n) is 11.2. The Morgan fingerprint density at radius 1 is 1.21 bits per heavy atom. The van der Waals surface area contributed by atoms with Crippen molar-refractivity contribution in [1.82, 2.24) is 5.32 Å². The van der Waals surface area contributed by atoms with Gasteiger partial charge in [-0.3, -0.25) is 0 Å². The van der Waals surface area contributed by atoms with Gasteiger partial charge in [-0.25, -0.2) is 0 Å². The minimum absolute atomic E-state index is 0.211. The second-order valence-corrected chi connectivity index (χ2v) is 5.24. The van der Waals surface area contributed by atoms with Gasteiger partial charge in [0.15, 0.2) is 0 Å². The fourth-order valence-electron chi connectivity index (χ4n) is 2.69. The van der Waals surface area contributed by atoms with Gasteiger partial charge < -0.3 is 10.1 Å². The van der Waals surface area contributed by atoms with Crippen molar-refractivity contribution >= 4 is 0 Å².